The largest absolute Gasteiger partial charge is 0.368 e. The predicted octanol–water partition coefficient (Wildman–Crippen LogP) is 3.72. The molecule has 0 aliphatic heterocycles. The molecule has 0 fully saturated rings. The summed E-state index contributed by atoms with van der Waals surface area (Å²) in [5.74, 6) is 1.08. The third-order valence-corrected chi connectivity index (χ3v) is 4.20. The van der Waals surface area contributed by atoms with Crippen LogP contribution in [0.4, 0.5) is 0 Å². The molecule has 2 heterocycles. The van der Waals surface area contributed by atoms with E-state index in [1.807, 2.05) is 18.2 Å². The van der Waals surface area contributed by atoms with Crippen molar-refractivity contribution >= 4 is 28.4 Å². The molecule has 104 valence electrons. The summed E-state index contributed by atoms with van der Waals surface area (Å²) < 4.78 is 4.46. The van der Waals surface area contributed by atoms with Gasteiger partial charge in [0.2, 0.25) is 0 Å². The standard InChI is InChI=1S/C17H14ClN3/c1-12-10-20-15-8-4-5-9-16(15)21(17(20)19-12)11-13-6-2-3-7-14(13)18/h2-10H,11H2,1H3/p+1. The number of nitrogens with zero attached hydrogens (tertiary/aromatic N) is 2. The summed E-state index contributed by atoms with van der Waals surface area (Å²) in [5.41, 5.74) is 4.66. The van der Waals surface area contributed by atoms with Crippen LogP contribution in [0.5, 0.6) is 0 Å². The number of benzene rings is 2. The highest BCUT2D eigenvalue weighted by molar-refractivity contribution is 6.31. The van der Waals surface area contributed by atoms with Gasteiger partial charge in [0.1, 0.15) is 22.9 Å². The second-order valence-corrected chi connectivity index (χ2v) is 5.70. The van der Waals surface area contributed by atoms with Gasteiger partial charge in [0, 0.05) is 10.6 Å². The Morgan fingerprint density at radius 1 is 1.10 bits per heavy atom. The second-order valence-electron chi connectivity index (χ2n) is 5.30. The summed E-state index contributed by atoms with van der Waals surface area (Å²) in [6.45, 7) is 2.82. The normalized spacial score (nSPS) is 11.5. The molecule has 0 saturated heterocycles. The first-order valence-corrected chi connectivity index (χ1v) is 7.33. The molecule has 0 aliphatic carbocycles. The average Bonchev–Trinajstić information content (AvgIpc) is 2.99. The molecule has 2 aromatic carbocycles. The van der Waals surface area contributed by atoms with E-state index in [0.29, 0.717) is 0 Å². The van der Waals surface area contributed by atoms with E-state index >= 15 is 0 Å². The number of hydrogen-bond donors (Lipinski definition) is 1. The number of aryl methyl sites for hydroxylation is 1. The molecule has 3 nitrogen and oxygen atoms in total. The second kappa shape index (κ2) is 4.64. The van der Waals surface area contributed by atoms with Crippen LogP contribution in [0.1, 0.15) is 11.3 Å². The van der Waals surface area contributed by atoms with Crippen LogP contribution in [0.15, 0.2) is 54.7 Å². The highest BCUT2D eigenvalue weighted by Gasteiger charge is 2.20. The predicted molar refractivity (Wildman–Crippen MR) is 84.7 cm³/mol. The minimum absolute atomic E-state index is 0.747. The fraction of sp³-hybridized carbons (Fsp3) is 0.118. The van der Waals surface area contributed by atoms with Crippen molar-refractivity contribution < 1.29 is 4.57 Å². The third-order valence-electron chi connectivity index (χ3n) is 3.83. The van der Waals surface area contributed by atoms with Gasteiger partial charge in [0.05, 0.1) is 6.54 Å². The van der Waals surface area contributed by atoms with Gasteiger partial charge in [-0.2, -0.15) is 4.40 Å². The van der Waals surface area contributed by atoms with Crippen molar-refractivity contribution in [2.75, 3.05) is 0 Å². The van der Waals surface area contributed by atoms with Crippen LogP contribution in [0.3, 0.4) is 0 Å². The van der Waals surface area contributed by atoms with Gasteiger partial charge in [-0.1, -0.05) is 41.9 Å². The lowest BCUT2D eigenvalue weighted by atomic mass is 10.2. The molecule has 0 aliphatic rings. The summed E-state index contributed by atoms with van der Waals surface area (Å²) in [4.78, 5) is 3.44. The minimum atomic E-state index is 0.747. The third kappa shape index (κ3) is 1.93. The Morgan fingerprint density at radius 3 is 2.71 bits per heavy atom. The molecule has 2 aromatic heterocycles. The fourth-order valence-electron chi connectivity index (χ4n) is 2.87. The topological polar surface area (TPSA) is 24.1 Å². The molecule has 0 bridgehead atoms. The van der Waals surface area contributed by atoms with Crippen LogP contribution in [-0.2, 0) is 6.54 Å². The van der Waals surface area contributed by atoms with Crippen LogP contribution in [0, 0.1) is 6.92 Å². The van der Waals surface area contributed by atoms with Gasteiger partial charge in [0.15, 0.2) is 0 Å². The van der Waals surface area contributed by atoms with Crippen molar-refractivity contribution in [1.29, 1.82) is 0 Å². The SMILES string of the molecule is Cc1cn2c3ccccc3[n+](Cc3ccccc3Cl)c2[nH]1. The average molecular weight is 297 g/mol. The quantitative estimate of drug-likeness (QED) is 0.545. The summed E-state index contributed by atoms with van der Waals surface area (Å²) in [6, 6.07) is 16.4. The van der Waals surface area contributed by atoms with Crippen molar-refractivity contribution in [3.8, 4) is 0 Å². The van der Waals surface area contributed by atoms with Crippen LogP contribution >= 0.6 is 11.6 Å². The number of aromatic nitrogens is 3. The lowest BCUT2D eigenvalue weighted by Gasteiger charge is -2.03. The zero-order valence-electron chi connectivity index (χ0n) is 11.7. The number of nitrogens with one attached hydrogen (secondary N) is 1. The minimum Gasteiger partial charge on any atom is -0.245 e. The summed E-state index contributed by atoms with van der Waals surface area (Å²) >= 11 is 6.32. The zero-order chi connectivity index (χ0) is 14.4. The van der Waals surface area contributed by atoms with Gasteiger partial charge in [0.25, 0.3) is 0 Å². The monoisotopic (exact) mass is 296 g/mol. The van der Waals surface area contributed by atoms with Crippen molar-refractivity contribution in [3.63, 3.8) is 0 Å². The summed E-state index contributed by atoms with van der Waals surface area (Å²) in [5, 5.41) is 0.803. The Bertz CT molecular complexity index is 949. The van der Waals surface area contributed by atoms with Crippen LogP contribution in [0.25, 0.3) is 16.8 Å². The number of halogens is 1. The fourth-order valence-corrected chi connectivity index (χ4v) is 3.07. The Labute approximate surface area is 127 Å². The molecule has 0 amide bonds. The highest BCUT2D eigenvalue weighted by atomic mass is 35.5. The maximum atomic E-state index is 6.32. The van der Waals surface area contributed by atoms with E-state index in [-0.39, 0.29) is 0 Å². The van der Waals surface area contributed by atoms with Crippen molar-refractivity contribution in [1.82, 2.24) is 9.38 Å². The lowest BCUT2D eigenvalue weighted by Crippen LogP contribution is -2.34. The van der Waals surface area contributed by atoms with Gasteiger partial charge in [-0.05, 0) is 25.1 Å². The first kappa shape index (κ1) is 12.5. The van der Waals surface area contributed by atoms with E-state index < -0.39 is 0 Å². The number of fused-ring (bicyclic) bond motifs is 3. The number of H-pyrrole nitrogens is 1. The van der Waals surface area contributed by atoms with Crippen LogP contribution in [0.2, 0.25) is 5.02 Å². The molecule has 0 atom stereocenters. The van der Waals surface area contributed by atoms with Gasteiger partial charge in [-0.15, -0.1) is 0 Å². The summed E-state index contributed by atoms with van der Waals surface area (Å²) in [7, 11) is 0. The molecule has 4 aromatic rings. The first-order chi connectivity index (χ1) is 10.2. The number of rotatable bonds is 2. The molecule has 21 heavy (non-hydrogen) atoms. The Kier molecular flexibility index (Phi) is 2.76. The summed E-state index contributed by atoms with van der Waals surface area (Å²) in [6.07, 6.45) is 2.13. The van der Waals surface area contributed by atoms with E-state index in [0.717, 1.165) is 28.6 Å². The zero-order valence-corrected chi connectivity index (χ0v) is 12.4. The van der Waals surface area contributed by atoms with E-state index in [2.05, 4.69) is 57.4 Å². The van der Waals surface area contributed by atoms with Gasteiger partial charge in [-0.25, -0.2) is 9.55 Å². The van der Waals surface area contributed by atoms with Crippen LogP contribution < -0.4 is 4.57 Å². The number of aromatic amines is 1. The molecular formula is C17H15ClN3+. The van der Waals surface area contributed by atoms with Gasteiger partial charge >= 0.3 is 5.78 Å². The molecule has 0 radical (unpaired) electrons. The van der Waals surface area contributed by atoms with E-state index in [1.165, 1.54) is 11.0 Å². The lowest BCUT2D eigenvalue weighted by molar-refractivity contribution is -0.638. The maximum absolute atomic E-state index is 6.32. The Morgan fingerprint density at radius 2 is 1.86 bits per heavy atom. The maximum Gasteiger partial charge on any atom is 0.368 e. The van der Waals surface area contributed by atoms with Crippen LogP contribution in [-0.4, -0.2) is 9.38 Å². The highest BCUT2D eigenvalue weighted by Crippen LogP contribution is 2.19. The first-order valence-electron chi connectivity index (χ1n) is 6.95. The molecule has 1 N–H and O–H groups in total. The molecule has 0 spiro atoms. The van der Waals surface area contributed by atoms with E-state index in [1.54, 1.807) is 0 Å². The number of para-hydroxylation sites is 2. The number of imidazole rings is 2. The molecular weight excluding hydrogens is 282 g/mol. The van der Waals surface area contributed by atoms with Gasteiger partial charge in [-0.3, -0.25) is 0 Å². The number of hydrogen-bond acceptors (Lipinski definition) is 0. The molecule has 4 heteroatoms. The van der Waals surface area contributed by atoms with Gasteiger partial charge < -0.3 is 0 Å². The van der Waals surface area contributed by atoms with E-state index in [4.69, 9.17) is 11.6 Å². The smallest absolute Gasteiger partial charge is 0.245 e. The Balaban J connectivity index is 1.99. The Hall–Kier alpha value is -2.26. The molecule has 0 unspecified atom stereocenters. The van der Waals surface area contributed by atoms with Crippen molar-refractivity contribution in [2.24, 2.45) is 0 Å². The molecule has 0 saturated carbocycles. The van der Waals surface area contributed by atoms with Crippen molar-refractivity contribution in [2.45, 2.75) is 13.5 Å². The van der Waals surface area contributed by atoms with Crippen molar-refractivity contribution in [3.05, 3.63) is 71.0 Å². The molecule has 4 rings (SSSR count). The van der Waals surface area contributed by atoms with E-state index in [9.17, 15) is 0 Å².